The first-order valence-electron chi connectivity index (χ1n) is 3.74. The van der Waals surface area contributed by atoms with Crippen LogP contribution in [0.2, 0.25) is 0 Å². The number of alkyl halides is 3. The van der Waals surface area contributed by atoms with E-state index in [1.54, 1.807) is 0 Å². The monoisotopic (exact) mass is 206 g/mol. The van der Waals surface area contributed by atoms with Crippen LogP contribution < -0.4 is 10.6 Å². The average molecular weight is 206 g/mol. The third kappa shape index (κ3) is 3.08. The van der Waals surface area contributed by atoms with Gasteiger partial charge in [-0.05, 0) is 0 Å². The van der Waals surface area contributed by atoms with Crippen LogP contribution in [-0.2, 0) is 0 Å². The Labute approximate surface area is 78.6 Å². The highest BCUT2D eigenvalue weighted by Crippen LogP contribution is 2.19. The molecule has 1 rings (SSSR count). The lowest BCUT2D eigenvalue weighted by molar-refractivity contribution is -0.119. The minimum Gasteiger partial charge on any atom is -0.384 e. The molecule has 0 unspecified atom stereocenters. The standard InChI is InChI=1S/C7H9F3N4/c1-14(3-7(8,9)10)6-2-5(11)12-4-13-6/h2,4H,3H2,1H3,(H2,11,12,13). The first kappa shape index (κ1) is 10.6. The molecule has 1 aromatic heterocycles. The van der Waals surface area contributed by atoms with Crippen LogP contribution in [0.3, 0.4) is 0 Å². The molecule has 0 aliphatic heterocycles. The number of halogens is 3. The topological polar surface area (TPSA) is 55.0 Å². The van der Waals surface area contributed by atoms with Gasteiger partial charge < -0.3 is 10.6 Å². The van der Waals surface area contributed by atoms with Gasteiger partial charge in [0, 0.05) is 13.1 Å². The Balaban J connectivity index is 2.74. The molecule has 0 atom stereocenters. The molecule has 0 aliphatic carbocycles. The van der Waals surface area contributed by atoms with Gasteiger partial charge >= 0.3 is 6.18 Å². The Morgan fingerprint density at radius 2 is 2.07 bits per heavy atom. The lowest BCUT2D eigenvalue weighted by Gasteiger charge is -2.19. The van der Waals surface area contributed by atoms with E-state index in [0.717, 1.165) is 11.2 Å². The van der Waals surface area contributed by atoms with Gasteiger partial charge in [-0.15, -0.1) is 0 Å². The first-order chi connectivity index (χ1) is 6.38. The summed E-state index contributed by atoms with van der Waals surface area (Å²) in [5, 5.41) is 0. The molecule has 7 heteroatoms. The number of hydrogen-bond acceptors (Lipinski definition) is 4. The molecular weight excluding hydrogens is 197 g/mol. The van der Waals surface area contributed by atoms with E-state index in [4.69, 9.17) is 5.73 Å². The third-order valence-electron chi connectivity index (χ3n) is 1.48. The predicted molar refractivity (Wildman–Crippen MR) is 45.8 cm³/mol. The van der Waals surface area contributed by atoms with Crippen LogP contribution in [0.1, 0.15) is 0 Å². The highest BCUT2D eigenvalue weighted by molar-refractivity contribution is 5.45. The van der Waals surface area contributed by atoms with E-state index < -0.39 is 12.7 Å². The Bertz CT molecular complexity index is 312. The van der Waals surface area contributed by atoms with Crippen molar-refractivity contribution in [3.63, 3.8) is 0 Å². The number of nitrogens with two attached hydrogens (primary N) is 1. The number of aromatic nitrogens is 2. The van der Waals surface area contributed by atoms with E-state index in [9.17, 15) is 13.2 Å². The van der Waals surface area contributed by atoms with Crippen LogP contribution in [0.5, 0.6) is 0 Å². The van der Waals surface area contributed by atoms with E-state index in [1.165, 1.54) is 13.1 Å². The molecule has 1 aromatic rings. The van der Waals surface area contributed by atoms with Crippen molar-refractivity contribution in [2.45, 2.75) is 6.18 Å². The van der Waals surface area contributed by atoms with Gasteiger partial charge in [-0.2, -0.15) is 13.2 Å². The predicted octanol–water partition coefficient (Wildman–Crippen LogP) is 1.06. The second-order valence-electron chi connectivity index (χ2n) is 2.77. The minimum absolute atomic E-state index is 0.143. The lowest BCUT2D eigenvalue weighted by Crippen LogP contribution is -2.31. The second-order valence-corrected chi connectivity index (χ2v) is 2.77. The summed E-state index contributed by atoms with van der Waals surface area (Å²) in [5.74, 6) is 0.291. The van der Waals surface area contributed by atoms with Crippen molar-refractivity contribution in [3.8, 4) is 0 Å². The summed E-state index contributed by atoms with van der Waals surface area (Å²) >= 11 is 0. The maximum atomic E-state index is 12.0. The number of anilines is 2. The molecule has 2 N–H and O–H groups in total. The van der Waals surface area contributed by atoms with Gasteiger partial charge in [0.25, 0.3) is 0 Å². The van der Waals surface area contributed by atoms with Crippen molar-refractivity contribution < 1.29 is 13.2 Å². The third-order valence-corrected chi connectivity index (χ3v) is 1.48. The van der Waals surface area contributed by atoms with Gasteiger partial charge in [0.2, 0.25) is 0 Å². The van der Waals surface area contributed by atoms with Crippen LogP contribution in [0.25, 0.3) is 0 Å². The van der Waals surface area contributed by atoms with Gasteiger partial charge in [-0.3, -0.25) is 0 Å². The van der Waals surface area contributed by atoms with Crippen LogP contribution in [0.4, 0.5) is 24.8 Å². The number of nitrogen functional groups attached to an aromatic ring is 1. The van der Waals surface area contributed by atoms with Crippen LogP contribution in [-0.4, -0.2) is 29.7 Å². The summed E-state index contributed by atoms with van der Waals surface area (Å²) in [5.41, 5.74) is 5.30. The zero-order valence-corrected chi connectivity index (χ0v) is 7.41. The molecule has 78 valence electrons. The van der Waals surface area contributed by atoms with Crippen LogP contribution in [0.15, 0.2) is 12.4 Å². The summed E-state index contributed by atoms with van der Waals surface area (Å²) in [7, 11) is 1.29. The summed E-state index contributed by atoms with van der Waals surface area (Å²) in [6.45, 7) is -1.07. The van der Waals surface area contributed by atoms with E-state index in [0.29, 0.717) is 0 Å². The Morgan fingerprint density at radius 3 is 2.57 bits per heavy atom. The molecule has 1 heterocycles. The van der Waals surface area contributed by atoms with Gasteiger partial charge in [0.05, 0.1) is 0 Å². The molecule has 0 fully saturated rings. The Hall–Kier alpha value is -1.53. The molecular formula is C7H9F3N4. The van der Waals surface area contributed by atoms with Gasteiger partial charge in [0.1, 0.15) is 24.5 Å². The lowest BCUT2D eigenvalue weighted by atomic mass is 10.4. The van der Waals surface area contributed by atoms with Crippen molar-refractivity contribution in [2.24, 2.45) is 0 Å². The van der Waals surface area contributed by atoms with E-state index >= 15 is 0 Å². The largest absolute Gasteiger partial charge is 0.405 e. The maximum absolute atomic E-state index is 12.0. The Morgan fingerprint density at radius 1 is 1.43 bits per heavy atom. The van der Waals surface area contributed by atoms with E-state index in [2.05, 4.69) is 9.97 Å². The molecule has 4 nitrogen and oxygen atoms in total. The maximum Gasteiger partial charge on any atom is 0.405 e. The van der Waals surface area contributed by atoms with E-state index in [1.807, 2.05) is 0 Å². The quantitative estimate of drug-likeness (QED) is 0.786. The van der Waals surface area contributed by atoms with Crippen LogP contribution in [0, 0.1) is 0 Å². The van der Waals surface area contributed by atoms with Gasteiger partial charge in [-0.25, -0.2) is 9.97 Å². The molecule has 0 aromatic carbocycles. The Kier molecular flexibility index (Phi) is 2.78. The molecule has 0 saturated heterocycles. The summed E-state index contributed by atoms with van der Waals surface area (Å²) in [6.07, 6.45) is -3.13. The summed E-state index contributed by atoms with van der Waals surface area (Å²) in [6, 6.07) is 1.28. The van der Waals surface area contributed by atoms with Gasteiger partial charge in [0.15, 0.2) is 0 Å². The van der Waals surface area contributed by atoms with Crippen molar-refractivity contribution in [3.05, 3.63) is 12.4 Å². The second kappa shape index (κ2) is 3.69. The molecule has 0 bridgehead atoms. The molecule has 0 radical (unpaired) electrons. The van der Waals surface area contributed by atoms with Crippen LogP contribution >= 0.6 is 0 Å². The fraction of sp³-hybridized carbons (Fsp3) is 0.429. The van der Waals surface area contributed by atoms with Crippen molar-refractivity contribution in [1.29, 1.82) is 0 Å². The smallest absolute Gasteiger partial charge is 0.384 e. The molecule has 0 aliphatic rings. The number of rotatable bonds is 2. The first-order valence-corrected chi connectivity index (χ1v) is 3.74. The normalized spacial score (nSPS) is 11.4. The molecule has 0 saturated carbocycles. The van der Waals surface area contributed by atoms with Crippen molar-refractivity contribution in [2.75, 3.05) is 24.2 Å². The van der Waals surface area contributed by atoms with Crippen molar-refractivity contribution >= 4 is 11.6 Å². The number of hydrogen-bond donors (Lipinski definition) is 1. The highest BCUT2D eigenvalue weighted by atomic mass is 19.4. The number of nitrogens with zero attached hydrogens (tertiary/aromatic N) is 3. The fourth-order valence-electron chi connectivity index (χ4n) is 0.920. The average Bonchev–Trinajstić information content (AvgIpc) is 2.01. The SMILES string of the molecule is CN(CC(F)(F)F)c1cc(N)ncn1. The summed E-state index contributed by atoms with van der Waals surface area (Å²) in [4.78, 5) is 8.19. The highest BCUT2D eigenvalue weighted by Gasteiger charge is 2.29. The van der Waals surface area contributed by atoms with Crippen molar-refractivity contribution in [1.82, 2.24) is 9.97 Å². The minimum atomic E-state index is -4.26. The molecule has 0 spiro atoms. The molecule has 0 amide bonds. The fourth-order valence-corrected chi connectivity index (χ4v) is 0.920. The van der Waals surface area contributed by atoms with Gasteiger partial charge in [-0.1, -0.05) is 0 Å². The zero-order valence-electron chi connectivity index (χ0n) is 7.41. The zero-order chi connectivity index (χ0) is 10.8. The molecule has 14 heavy (non-hydrogen) atoms. The summed E-state index contributed by atoms with van der Waals surface area (Å²) < 4.78 is 35.9. The van der Waals surface area contributed by atoms with E-state index in [-0.39, 0.29) is 11.6 Å².